The van der Waals surface area contributed by atoms with Gasteiger partial charge in [-0.25, -0.2) is 0 Å². The van der Waals surface area contributed by atoms with Gasteiger partial charge in [0.05, 0.1) is 6.61 Å². The van der Waals surface area contributed by atoms with E-state index in [-0.39, 0.29) is 0 Å². The van der Waals surface area contributed by atoms with Crippen LogP contribution in [0.15, 0.2) is 18.2 Å². The van der Waals surface area contributed by atoms with E-state index < -0.39 is 0 Å². The lowest BCUT2D eigenvalue weighted by Gasteiger charge is -2.24. The fraction of sp³-hybridized carbons (Fsp3) is 0.571. The zero-order valence-electron chi connectivity index (χ0n) is 10.5. The Balaban J connectivity index is 2.09. The summed E-state index contributed by atoms with van der Waals surface area (Å²) >= 11 is 6.04. The second kappa shape index (κ2) is 5.74. The third-order valence-electron chi connectivity index (χ3n) is 3.51. The number of hydrogen-bond donors (Lipinski definition) is 1. The summed E-state index contributed by atoms with van der Waals surface area (Å²) in [4.78, 5) is 0. The molecule has 2 atom stereocenters. The van der Waals surface area contributed by atoms with Gasteiger partial charge in [-0.1, -0.05) is 24.6 Å². The van der Waals surface area contributed by atoms with Crippen molar-refractivity contribution in [2.24, 2.45) is 5.92 Å². The number of ether oxygens (including phenoxy) is 1. The highest BCUT2D eigenvalue weighted by Gasteiger charge is 2.24. The van der Waals surface area contributed by atoms with Crippen LogP contribution in [0.4, 0.5) is 5.69 Å². The fourth-order valence-electron chi connectivity index (χ4n) is 2.37. The van der Waals surface area contributed by atoms with E-state index in [0.717, 1.165) is 36.8 Å². The zero-order chi connectivity index (χ0) is 12.3. The lowest BCUT2D eigenvalue weighted by Crippen LogP contribution is -2.29. The first-order chi connectivity index (χ1) is 8.20. The van der Waals surface area contributed by atoms with Crippen molar-refractivity contribution in [3.8, 4) is 0 Å². The van der Waals surface area contributed by atoms with Gasteiger partial charge in [0.2, 0.25) is 0 Å². The standard InChI is InChI=1S/C14H20ClNO/c1-3-13(11-6-7-17-9-11)16-14-8-12(15)5-4-10(14)2/h4-5,8,11,13,16H,3,6-7,9H2,1-2H3. The Bertz CT molecular complexity index is 374. The maximum absolute atomic E-state index is 6.04. The van der Waals surface area contributed by atoms with E-state index in [1.54, 1.807) is 0 Å². The van der Waals surface area contributed by atoms with Crippen LogP contribution in [0, 0.1) is 12.8 Å². The summed E-state index contributed by atoms with van der Waals surface area (Å²) in [5.41, 5.74) is 2.39. The molecule has 2 rings (SSSR count). The molecule has 1 saturated heterocycles. The zero-order valence-corrected chi connectivity index (χ0v) is 11.3. The summed E-state index contributed by atoms with van der Waals surface area (Å²) in [6, 6.07) is 6.48. The monoisotopic (exact) mass is 253 g/mol. The van der Waals surface area contributed by atoms with Crippen LogP contribution in [0.25, 0.3) is 0 Å². The van der Waals surface area contributed by atoms with Crippen molar-refractivity contribution in [2.45, 2.75) is 32.7 Å². The molecule has 17 heavy (non-hydrogen) atoms. The van der Waals surface area contributed by atoms with Gasteiger partial charge in [-0.15, -0.1) is 0 Å². The van der Waals surface area contributed by atoms with Crippen LogP contribution < -0.4 is 5.32 Å². The van der Waals surface area contributed by atoms with Gasteiger partial charge in [-0.05, 0) is 37.5 Å². The van der Waals surface area contributed by atoms with Crippen molar-refractivity contribution in [3.63, 3.8) is 0 Å². The number of rotatable bonds is 4. The lowest BCUT2D eigenvalue weighted by molar-refractivity contribution is 0.182. The quantitative estimate of drug-likeness (QED) is 0.880. The SMILES string of the molecule is CCC(Nc1cc(Cl)ccc1C)C1CCOC1. The Labute approximate surface area is 108 Å². The molecule has 0 bridgehead atoms. The Hall–Kier alpha value is -0.730. The molecule has 0 amide bonds. The molecule has 1 aromatic carbocycles. The van der Waals surface area contributed by atoms with Gasteiger partial charge in [-0.2, -0.15) is 0 Å². The molecule has 1 aromatic rings. The minimum Gasteiger partial charge on any atom is -0.382 e. The first kappa shape index (κ1) is 12.7. The normalized spacial score (nSPS) is 21.5. The molecule has 1 heterocycles. The van der Waals surface area contributed by atoms with Crippen molar-refractivity contribution in [1.82, 2.24) is 0 Å². The highest BCUT2D eigenvalue weighted by Crippen LogP contribution is 2.26. The molecule has 1 N–H and O–H groups in total. The molecule has 0 radical (unpaired) electrons. The third-order valence-corrected chi connectivity index (χ3v) is 3.75. The predicted molar refractivity (Wildman–Crippen MR) is 72.8 cm³/mol. The molecule has 1 aliphatic heterocycles. The first-order valence-corrected chi connectivity index (χ1v) is 6.69. The van der Waals surface area contributed by atoms with Gasteiger partial charge in [-0.3, -0.25) is 0 Å². The number of benzene rings is 1. The maximum atomic E-state index is 6.04. The molecule has 2 nitrogen and oxygen atoms in total. The van der Waals surface area contributed by atoms with Crippen molar-refractivity contribution in [1.29, 1.82) is 0 Å². The summed E-state index contributed by atoms with van der Waals surface area (Å²) in [6.45, 7) is 6.11. The van der Waals surface area contributed by atoms with Crippen molar-refractivity contribution >= 4 is 17.3 Å². The van der Waals surface area contributed by atoms with Crippen LogP contribution >= 0.6 is 11.6 Å². The van der Waals surface area contributed by atoms with Gasteiger partial charge < -0.3 is 10.1 Å². The summed E-state index contributed by atoms with van der Waals surface area (Å²) < 4.78 is 5.47. The highest BCUT2D eigenvalue weighted by atomic mass is 35.5. The van der Waals surface area contributed by atoms with Crippen LogP contribution in [-0.4, -0.2) is 19.3 Å². The Morgan fingerprint density at radius 3 is 3.00 bits per heavy atom. The van der Waals surface area contributed by atoms with Gasteiger partial charge in [0, 0.05) is 29.3 Å². The van der Waals surface area contributed by atoms with E-state index >= 15 is 0 Å². The van der Waals surface area contributed by atoms with E-state index in [4.69, 9.17) is 16.3 Å². The highest BCUT2D eigenvalue weighted by molar-refractivity contribution is 6.30. The van der Waals surface area contributed by atoms with E-state index in [2.05, 4.69) is 25.2 Å². The predicted octanol–water partition coefficient (Wildman–Crippen LogP) is 3.88. The number of halogens is 1. The van der Waals surface area contributed by atoms with Gasteiger partial charge >= 0.3 is 0 Å². The van der Waals surface area contributed by atoms with Crippen LogP contribution in [0.1, 0.15) is 25.3 Å². The summed E-state index contributed by atoms with van der Waals surface area (Å²) in [5.74, 6) is 0.624. The Kier molecular flexibility index (Phi) is 4.30. The smallest absolute Gasteiger partial charge is 0.0514 e. The average molecular weight is 254 g/mol. The van der Waals surface area contributed by atoms with Gasteiger partial charge in [0.25, 0.3) is 0 Å². The molecule has 1 aliphatic rings. The molecule has 2 unspecified atom stereocenters. The molecule has 94 valence electrons. The van der Waals surface area contributed by atoms with Gasteiger partial charge in [0.15, 0.2) is 0 Å². The van der Waals surface area contributed by atoms with Gasteiger partial charge in [0.1, 0.15) is 0 Å². The molecule has 0 saturated carbocycles. The van der Waals surface area contributed by atoms with Crippen LogP contribution in [-0.2, 0) is 4.74 Å². The molecule has 1 fully saturated rings. The van der Waals surface area contributed by atoms with Crippen molar-refractivity contribution < 1.29 is 4.74 Å². The van der Waals surface area contributed by atoms with E-state index in [1.165, 1.54) is 5.56 Å². The fourth-order valence-corrected chi connectivity index (χ4v) is 2.54. The molecular weight excluding hydrogens is 234 g/mol. The Morgan fingerprint density at radius 2 is 2.35 bits per heavy atom. The lowest BCUT2D eigenvalue weighted by atomic mass is 9.96. The second-order valence-electron chi connectivity index (χ2n) is 4.74. The number of hydrogen-bond acceptors (Lipinski definition) is 2. The minimum absolute atomic E-state index is 0.481. The Morgan fingerprint density at radius 1 is 1.53 bits per heavy atom. The topological polar surface area (TPSA) is 21.3 Å². The maximum Gasteiger partial charge on any atom is 0.0514 e. The summed E-state index contributed by atoms with van der Waals surface area (Å²) in [6.07, 6.45) is 2.27. The number of anilines is 1. The van der Waals surface area contributed by atoms with Crippen molar-refractivity contribution in [3.05, 3.63) is 28.8 Å². The van der Waals surface area contributed by atoms with Crippen LogP contribution in [0.5, 0.6) is 0 Å². The molecular formula is C14H20ClNO. The van der Waals surface area contributed by atoms with E-state index in [1.807, 2.05) is 12.1 Å². The summed E-state index contributed by atoms with van der Waals surface area (Å²) in [5, 5.41) is 4.40. The minimum atomic E-state index is 0.481. The van der Waals surface area contributed by atoms with E-state index in [0.29, 0.717) is 12.0 Å². The average Bonchev–Trinajstić information content (AvgIpc) is 2.84. The molecule has 0 spiro atoms. The van der Waals surface area contributed by atoms with Crippen molar-refractivity contribution in [2.75, 3.05) is 18.5 Å². The second-order valence-corrected chi connectivity index (χ2v) is 5.18. The molecule has 3 heteroatoms. The first-order valence-electron chi connectivity index (χ1n) is 6.31. The van der Waals surface area contributed by atoms with Crippen LogP contribution in [0.3, 0.4) is 0 Å². The molecule has 0 aromatic heterocycles. The summed E-state index contributed by atoms with van der Waals surface area (Å²) in [7, 11) is 0. The third kappa shape index (κ3) is 3.14. The van der Waals surface area contributed by atoms with Crippen LogP contribution in [0.2, 0.25) is 5.02 Å². The number of nitrogens with one attached hydrogen (secondary N) is 1. The van der Waals surface area contributed by atoms with E-state index in [9.17, 15) is 0 Å². The molecule has 0 aliphatic carbocycles. The largest absolute Gasteiger partial charge is 0.382 e. The number of aryl methyl sites for hydroxylation is 1.